The van der Waals surface area contributed by atoms with E-state index < -0.39 is 43.0 Å². The van der Waals surface area contributed by atoms with Gasteiger partial charge in [-0.3, -0.25) is 14.4 Å². The summed E-state index contributed by atoms with van der Waals surface area (Å²) < 4.78 is 5.14. The standard InChI is InChI=1S/C11H18BN3O7/c13-7(11(18)19)2-4-9(16)14-8-3-1-6(22-12(8)20)5-10(17)15-21/h6-8,20H,1-5,13H2,(H,14,16)(H,18,19)/t6-,7-,8-/m0/s1. The molecule has 0 aromatic carbocycles. The minimum Gasteiger partial charge on any atom is -0.480 e. The Bertz CT molecular complexity index is 447. The first-order valence-electron chi connectivity index (χ1n) is 6.81. The molecule has 22 heavy (non-hydrogen) atoms. The van der Waals surface area contributed by atoms with Crippen molar-refractivity contribution in [3.63, 3.8) is 0 Å². The molecule has 5 N–H and O–H groups in total. The highest BCUT2D eigenvalue weighted by molar-refractivity contribution is 6.45. The zero-order valence-corrected chi connectivity index (χ0v) is 11.8. The van der Waals surface area contributed by atoms with Crippen molar-refractivity contribution in [2.75, 3.05) is 0 Å². The summed E-state index contributed by atoms with van der Waals surface area (Å²) in [4.78, 5) is 43.1. The Hall–Kier alpha value is -1.85. The van der Waals surface area contributed by atoms with Crippen LogP contribution in [0.15, 0.2) is 5.18 Å². The Morgan fingerprint density at radius 2 is 2.09 bits per heavy atom. The van der Waals surface area contributed by atoms with Crippen molar-refractivity contribution in [1.29, 1.82) is 0 Å². The lowest BCUT2D eigenvalue weighted by Crippen LogP contribution is -2.53. The summed E-state index contributed by atoms with van der Waals surface area (Å²) in [5, 5.41) is 23.1. The highest BCUT2D eigenvalue weighted by Crippen LogP contribution is 2.19. The molecule has 0 saturated carbocycles. The van der Waals surface area contributed by atoms with Crippen molar-refractivity contribution >= 4 is 24.9 Å². The van der Waals surface area contributed by atoms with Crippen LogP contribution in [-0.2, 0) is 19.0 Å². The Morgan fingerprint density at radius 1 is 1.41 bits per heavy atom. The smallest absolute Gasteiger partial charge is 0.478 e. The molecule has 0 aromatic heterocycles. The number of nitrogens with two attached hydrogens (primary N) is 1. The van der Waals surface area contributed by atoms with E-state index in [1.54, 1.807) is 0 Å². The Balaban J connectivity index is 2.35. The lowest BCUT2D eigenvalue weighted by Gasteiger charge is -2.30. The number of rotatable bonds is 7. The maximum atomic E-state index is 11.7. The highest BCUT2D eigenvalue weighted by Gasteiger charge is 2.36. The number of hydrogen-bond acceptors (Lipinski definition) is 7. The van der Waals surface area contributed by atoms with Crippen LogP contribution >= 0.6 is 0 Å². The van der Waals surface area contributed by atoms with Crippen molar-refractivity contribution in [3.05, 3.63) is 4.91 Å². The summed E-state index contributed by atoms with van der Waals surface area (Å²) in [5.41, 5.74) is 5.28. The van der Waals surface area contributed by atoms with Crippen LogP contribution in [0, 0.1) is 4.91 Å². The molecule has 0 unspecified atom stereocenters. The van der Waals surface area contributed by atoms with E-state index in [2.05, 4.69) is 10.5 Å². The molecule has 1 saturated heterocycles. The summed E-state index contributed by atoms with van der Waals surface area (Å²) in [6, 6.07) is -1.12. The van der Waals surface area contributed by atoms with E-state index in [4.69, 9.17) is 15.5 Å². The fraction of sp³-hybridized carbons (Fsp3) is 0.727. The summed E-state index contributed by atoms with van der Waals surface area (Å²) in [6.45, 7) is 0. The van der Waals surface area contributed by atoms with E-state index in [0.717, 1.165) is 0 Å². The largest absolute Gasteiger partial charge is 0.480 e. The Morgan fingerprint density at radius 3 is 2.64 bits per heavy atom. The van der Waals surface area contributed by atoms with E-state index in [-0.39, 0.29) is 19.3 Å². The lowest BCUT2D eigenvalue weighted by molar-refractivity contribution is -0.138. The van der Waals surface area contributed by atoms with Crippen molar-refractivity contribution in [1.82, 2.24) is 5.32 Å². The molecule has 11 heteroatoms. The fourth-order valence-corrected chi connectivity index (χ4v) is 2.08. The second-order valence-electron chi connectivity index (χ2n) is 5.07. The molecule has 0 spiro atoms. The second kappa shape index (κ2) is 8.56. The fourth-order valence-electron chi connectivity index (χ4n) is 2.08. The molecule has 0 radical (unpaired) electrons. The monoisotopic (exact) mass is 315 g/mol. The molecular weight excluding hydrogens is 297 g/mol. The minimum atomic E-state index is -1.31. The Kier molecular flexibility index (Phi) is 7.08. The molecule has 1 aliphatic rings. The van der Waals surface area contributed by atoms with Gasteiger partial charge in [-0.25, -0.2) is 0 Å². The Labute approximate surface area is 126 Å². The van der Waals surface area contributed by atoms with Gasteiger partial charge in [0, 0.05) is 11.6 Å². The van der Waals surface area contributed by atoms with Crippen LogP contribution in [0.3, 0.4) is 0 Å². The van der Waals surface area contributed by atoms with Crippen LogP contribution in [0.1, 0.15) is 32.1 Å². The molecule has 1 aliphatic heterocycles. The van der Waals surface area contributed by atoms with Crippen molar-refractivity contribution in [3.8, 4) is 0 Å². The highest BCUT2D eigenvalue weighted by atomic mass is 16.5. The summed E-state index contributed by atoms with van der Waals surface area (Å²) in [5.74, 6) is -3.16. The van der Waals surface area contributed by atoms with Gasteiger partial charge in [0.2, 0.25) is 5.91 Å². The van der Waals surface area contributed by atoms with E-state index in [0.29, 0.717) is 12.8 Å². The first-order chi connectivity index (χ1) is 10.3. The molecule has 1 fully saturated rings. The van der Waals surface area contributed by atoms with Crippen LogP contribution in [0.5, 0.6) is 0 Å². The molecule has 0 aliphatic carbocycles. The number of aliphatic carboxylic acids is 1. The molecule has 2 amide bonds. The number of nitrogens with one attached hydrogen (secondary N) is 1. The van der Waals surface area contributed by atoms with Crippen LogP contribution in [-0.4, -0.2) is 53.1 Å². The average molecular weight is 315 g/mol. The van der Waals surface area contributed by atoms with Crippen LogP contribution in [0.2, 0.25) is 0 Å². The minimum absolute atomic E-state index is 0.0209. The number of amides is 2. The lowest BCUT2D eigenvalue weighted by atomic mass is 9.72. The van der Waals surface area contributed by atoms with Gasteiger partial charge >= 0.3 is 13.1 Å². The number of carbonyl (C=O) groups excluding carboxylic acids is 2. The van der Waals surface area contributed by atoms with Gasteiger partial charge in [0.05, 0.1) is 18.5 Å². The zero-order valence-electron chi connectivity index (χ0n) is 11.8. The summed E-state index contributed by atoms with van der Waals surface area (Å²) in [7, 11) is -1.31. The molecular formula is C11H18BN3O7. The average Bonchev–Trinajstić information content (AvgIpc) is 2.47. The molecule has 3 atom stereocenters. The predicted molar refractivity (Wildman–Crippen MR) is 74.3 cm³/mol. The maximum absolute atomic E-state index is 11.7. The van der Waals surface area contributed by atoms with E-state index in [1.807, 2.05) is 0 Å². The van der Waals surface area contributed by atoms with E-state index in [1.165, 1.54) is 0 Å². The van der Waals surface area contributed by atoms with Crippen molar-refractivity contribution in [2.24, 2.45) is 10.9 Å². The van der Waals surface area contributed by atoms with Gasteiger partial charge in [-0.05, 0) is 19.3 Å². The second-order valence-corrected chi connectivity index (χ2v) is 5.07. The summed E-state index contributed by atoms with van der Waals surface area (Å²) in [6.07, 6.45) is -0.212. The van der Waals surface area contributed by atoms with Crippen molar-refractivity contribution in [2.45, 2.75) is 50.2 Å². The number of carbonyl (C=O) groups is 3. The predicted octanol–water partition coefficient (Wildman–Crippen LogP) is -1.45. The number of carboxylic acid groups (broad SMARTS) is 1. The van der Waals surface area contributed by atoms with Gasteiger partial charge in [0.1, 0.15) is 6.04 Å². The molecule has 1 heterocycles. The zero-order chi connectivity index (χ0) is 16.7. The molecule has 10 nitrogen and oxygen atoms in total. The number of carboxylic acids is 1. The topological polar surface area (TPSA) is 168 Å². The first kappa shape index (κ1) is 18.2. The summed E-state index contributed by atoms with van der Waals surface area (Å²) >= 11 is 0. The quantitative estimate of drug-likeness (QED) is 0.326. The third-order valence-corrected chi connectivity index (χ3v) is 3.33. The van der Waals surface area contributed by atoms with Gasteiger partial charge < -0.3 is 25.8 Å². The molecule has 122 valence electrons. The SMILES string of the molecule is N[C@@H](CCC(=O)N[C@H]1CC[C@@H](CC(=O)N=O)OB1O)C(=O)O. The van der Waals surface area contributed by atoms with Gasteiger partial charge in [-0.15, -0.1) is 4.91 Å². The third-order valence-electron chi connectivity index (χ3n) is 3.33. The van der Waals surface area contributed by atoms with Crippen LogP contribution in [0.25, 0.3) is 0 Å². The normalized spacial score (nSPS) is 22.7. The van der Waals surface area contributed by atoms with Crippen molar-refractivity contribution < 1.29 is 29.2 Å². The number of nitrogens with zero attached hydrogens (tertiary/aromatic N) is 1. The maximum Gasteiger partial charge on any atom is 0.478 e. The van der Waals surface area contributed by atoms with Crippen LogP contribution in [0.4, 0.5) is 0 Å². The first-order valence-corrected chi connectivity index (χ1v) is 6.81. The van der Waals surface area contributed by atoms with Gasteiger partial charge in [0.15, 0.2) is 0 Å². The van der Waals surface area contributed by atoms with E-state index in [9.17, 15) is 24.3 Å². The van der Waals surface area contributed by atoms with Gasteiger partial charge in [-0.1, -0.05) is 0 Å². The number of nitroso groups, excluding NO2 is 1. The van der Waals surface area contributed by atoms with E-state index >= 15 is 0 Å². The third kappa shape index (κ3) is 5.88. The molecule has 0 aromatic rings. The molecule has 0 bridgehead atoms. The van der Waals surface area contributed by atoms with Gasteiger partial charge in [0.25, 0.3) is 5.91 Å². The van der Waals surface area contributed by atoms with Gasteiger partial charge in [-0.2, -0.15) is 0 Å². The molecule has 1 rings (SSSR count). The van der Waals surface area contributed by atoms with Crippen LogP contribution < -0.4 is 11.1 Å². The number of hydrogen-bond donors (Lipinski definition) is 4.